The molecule has 0 radical (unpaired) electrons. The second-order valence-corrected chi connectivity index (χ2v) is 36.1. The van der Waals surface area contributed by atoms with E-state index < -0.39 is 229 Å². The number of H-pyrrole nitrogens is 2. The maximum atomic E-state index is 14.9. The van der Waals surface area contributed by atoms with Crippen LogP contribution in [0.25, 0.3) is 10.9 Å². The average molecular weight is 1850 g/mol. The predicted molar refractivity (Wildman–Crippen MR) is 484 cm³/mol. The highest BCUT2D eigenvalue weighted by molar-refractivity contribution is 7.98. The molecule has 0 aliphatic heterocycles. The van der Waals surface area contributed by atoms with E-state index in [4.69, 9.17) is 16.9 Å². The molecule has 4 rings (SSSR count). The van der Waals surface area contributed by atoms with Gasteiger partial charge in [0.1, 0.15) is 90.3 Å². The molecule has 0 unspecified atom stereocenters. The third kappa shape index (κ3) is 38.0. The van der Waals surface area contributed by atoms with Crippen molar-refractivity contribution in [1.82, 2.24) is 94.7 Å². The van der Waals surface area contributed by atoms with Gasteiger partial charge in [0.2, 0.25) is 82.7 Å². The fourth-order valence-electron chi connectivity index (χ4n) is 13.9. The number of nitrogens with two attached hydrogens (primary N) is 2. The zero-order valence-corrected chi connectivity index (χ0v) is 77.5. The predicted octanol–water partition coefficient (Wildman–Crippen LogP) is -1.16. The van der Waals surface area contributed by atoms with Crippen molar-refractivity contribution in [3.05, 3.63) is 84.1 Å². The summed E-state index contributed by atoms with van der Waals surface area (Å²) in [6.07, 6.45) is 4.63. The number of thioether (sulfide) groups is 1. The molecule has 0 saturated carbocycles. The largest absolute Gasteiger partial charge is 0.508 e. The first-order valence-corrected chi connectivity index (χ1v) is 45.1. The number of carbonyl (C=O) groups is 16. The number of aliphatic hydroxyl groups is 2. The number of carboxylic acids is 2. The lowest BCUT2D eigenvalue weighted by Gasteiger charge is -2.31. The molecule has 0 fully saturated rings. The summed E-state index contributed by atoms with van der Waals surface area (Å²) in [6.45, 7) is 21.5. The van der Waals surface area contributed by atoms with E-state index in [1.165, 1.54) is 62.4 Å². The van der Waals surface area contributed by atoms with Crippen LogP contribution in [-0.2, 0) is 96.0 Å². The summed E-state index contributed by atoms with van der Waals surface area (Å²) in [5.74, 6) is -19.4. The zero-order valence-electron chi connectivity index (χ0n) is 76.6. The number of nitrogens with one attached hydrogen (secondary N) is 18. The molecule has 0 spiro atoms. The van der Waals surface area contributed by atoms with Crippen LogP contribution in [0.4, 0.5) is 0 Å². The van der Waals surface area contributed by atoms with Crippen LogP contribution in [0.2, 0.25) is 0 Å². The smallest absolute Gasteiger partial charge is 0.328 e. The van der Waals surface area contributed by atoms with Gasteiger partial charge in [0.25, 0.3) is 0 Å². The number of imidazole rings is 1. The number of nitrogens with zero attached hydrogens (tertiary/aromatic N) is 1. The minimum absolute atomic E-state index is 0.00573. The summed E-state index contributed by atoms with van der Waals surface area (Å²) in [4.78, 5) is 236. The SMILES string of the molecule is CSCC[C@H](NC(=O)[C@H](CC(C)C)NC(=O)[C@H](Cc1c[nH]c2ccccc12)NC(=O)[C@H](Cc1cnc[nH]1)NC(=O)[C@@H](N)CC(C)C)C(=O)N[C@@H](CO)C(=O)N[C@H](C(=O)N[C@@H](Cc1ccc(O)cc1)C(=O)N[C@H](C(=O)N[C@H](C(=O)N[C@@H](CCC(=O)O)C(=O)N[C@@H](CC(C)C)C(=O)N[C@@H](CC(C)C)C(=O)N[C@@H](CCCNC(=N)N)C(=O)N[C@@H](CO)C(=O)O)C(C)C)C(C)C)C(C)C. The number of aromatic amines is 2. The average Bonchev–Trinajstić information content (AvgIpc) is 1.64. The Bertz CT molecular complexity index is 4430. The number of carboxylic acid groups (broad SMARTS) is 2. The van der Waals surface area contributed by atoms with Crippen LogP contribution in [-0.4, -0.2) is 263 Å². The molecular weight excluding hydrogens is 1710 g/mol. The third-order valence-corrected chi connectivity index (χ3v) is 21.6. The van der Waals surface area contributed by atoms with Gasteiger partial charge in [-0.1, -0.05) is 127 Å². The quantitative estimate of drug-likeness (QED) is 0.0141. The van der Waals surface area contributed by atoms with Crippen molar-refractivity contribution in [2.24, 2.45) is 52.9 Å². The van der Waals surface area contributed by atoms with Crippen LogP contribution >= 0.6 is 11.8 Å². The Hall–Kier alpha value is -12.0. The number of amides is 14. The molecule has 43 heteroatoms. The van der Waals surface area contributed by atoms with Crippen LogP contribution < -0.4 is 91.2 Å². The number of aromatic hydroxyl groups is 1. The molecule has 0 saturated heterocycles. The van der Waals surface area contributed by atoms with Crippen molar-refractivity contribution < 1.29 is 102 Å². The van der Waals surface area contributed by atoms with E-state index in [1.54, 1.807) is 87.8 Å². The van der Waals surface area contributed by atoms with E-state index in [-0.39, 0.29) is 105 Å². The van der Waals surface area contributed by atoms with Gasteiger partial charge in [-0.2, -0.15) is 11.8 Å². The summed E-state index contributed by atoms with van der Waals surface area (Å²) < 4.78 is 0. The molecular formula is C87H137N21O21S. The van der Waals surface area contributed by atoms with E-state index in [0.717, 1.165) is 10.9 Å². The molecule has 2 heterocycles. The number of para-hydroxylation sites is 1. The Kier molecular flexibility index (Phi) is 46.8. The van der Waals surface area contributed by atoms with Crippen molar-refractivity contribution >= 4 is 123 Å². The molecule has 4 aromatic rings. The number of guanidine groups is 1. The fourth-order valence-corrected chi connectivity index (χ4v) is 14.4. The first-order valence-electron chi connectivity index (χ1n) is 43.7. The van der Waals surface area contributed by atoms with Gasteiger partial charge in [-0.25, -0.2) is 9.78 Å². The summed E-state index contributed by atoms with van der Waals surface area (Å²) in [5.41, 5.74) is 13.9. The lowest BCUT2D eigenvalue weighted by atomic mass is 9.97. The van der Waals surface area contributed by atoms with Gasteiger partial charge in [0.15, 0.2) is 5.96 Å². The van der Waals surface area contributed by atoms with Crippen molar-refractivity contribution in [2.75, 3.05) is 31.8 Å². The van der Waals surface area contributed by atoms with Crippen LogP contribution in [0.5, 0.6) is 5.75 Å². The lowest BCUT2D eigenvalue weighted by Crippen LogP contribution is -2.63. The van der Waals surface area contributed by atoms with Gasteiger partial charge in [0, 0.05) is 61.2 Å². The van der Waals surface area contributed by atoms with Gasteiger partial charge < -0.3 is 127 Å². The number of hydrogen-bond acceptors (Lipinski definition) is 23. The molecule has 722 valence electrons. The molecule has 2 aromatic heterocycles. The summed E-state index contributed by atoms with van der Waals surface area (Å²) in [5, 5.41) is 97.3. The first kappa shape index (κ1) is 110. The van der Waals surface area contributed by atoms with Crippen LogP contribution in [0.3, 0.4) is 0 Å². The zero-order chi connectivity index (χ0) is 97.5. The number of carbonyl (C=O) groups excluding carboxylic acids is 14. The van der Waals surface area contributed by atoms with Crippen LogP contribution in [0.15, 0.2) is 67.3 Å². The maximum Gasteiger partial charge on any atom is 0.328 e. The number of rotatable bonds is 58. The molecule has 0 aliphatic carbocycles. The molecule has 27 N–H and O–H groups in total. The van der Waals surface area contributed by atoms with Gasteiger partial charge in [0.05, 0.1) is 25.6 Å². The molecule has 0 aliphatic rings. The number of benzene rings is 2. The van der Waals surface area contributed by atoms with E-state index in [9.17, 15) is 102 Å². The second-order valence-electron chi connectivity index (χ2n) is 35.1. The first-order chi connectivity index (χ1) is 61.2. The monoisotopic (exact) mass is 1840 g/mol. The number of aliphatic carboxylic acids is 2. The summed E-state index contributed by atoms with van der Waals surface area (Å²) in [7, 11) is 0. The third-order valence-electron chi connectivity index (χ3n) is 20.9. The Morgan fingerprint density at radius 1 is 0.431 bits per heavy atom. The van der Waals surface area contributed by atoms with Crippen LogP contribution in [0.1, 0.15) is 172 Å². The highest BCUT2D eigenvalue weighted by atomic mass is 32.2. The number of hydrogen-bond donors (Lipinski definition) is 25. The minimum atomic E-state index is -1.79. The maximum absolute atomic E-state index is 14.9. The van der Waals surface area contributed by atoms with E-state index in [2.05, 4.69) is 94.7 Å². The number of phenols is 1. The van der Waals surface area contributed by atoms with E-state index in [1.807, 2.05) is 32.0 Å². The van der Waals surface area contributed by atoms with Crippen molar-refractivity contribution in [1.29, 1.82) is 5.41 Å². The summed E-state index contributed by atoms with van der Waals surface area (Å²) in [6, 6.07) is -9.36. The molecule has 2 aromatic carbocycles. The lowest BCUT2D eigenvalue weighted by molar-refractivity contribution is -0.143. The Labute approximate surface area is 761 Å². The minimum Gasteiger partial charge on any atom is -0.508 e. The van der Waals surface area contributed by atoms with E-state index in [0.29, 0.717) is 23.2 Å². The normalized spacial score (nSPS) is 15.0. The summed E-state index contributed by atoms with van der Waals surface area (Å²) >= 11 is 1.31. The topological polar surface area (TPSA) is 675 Å². The number of aliphatic hydroxyl groups excluding tert-OH is 2. The molecule has 130 heavy (non-hydrogen) atoms. The van der Waals surface area contributed by atoms with Gasteiger partial charge in [-0.15, -0.1) is 0 Å². The molecule has 14 amide bonds. The molecule has 0 bridgehead atoms. The van der Waals surface area contributed by atoms with Crippen molar-refractivity contribution in [3.8, 4) is 5.75 Å². The Morgan fingerprint density at radius 2 is 0.808 bits per heavy atom. The molecule has 15 atom stereocenters. The standard InChI is InChI=1S/C87H137N21O21S/c1-43(2)31-55(88)72(114)98-65(37-52-39-91-42-94-52)80(122)102-64(36-51-38-93-56-20-17-16-19-54(51)56)79(121)101-61(33-45(5)6)77(119)96-59(28-30-130-15)75(117)104-66(40-109)82(124)107-69(47(9)10)84(126)103-63(35-50-22-24-53(111)25-23-50)81(123)106-71(49(13)14)85(127)108-70(48(11)12)83(125)97-58(26-27-68(112)113)74(116)99-62(34-46(7)8)78(120)100-60(32-44(3)4)76(118)95-57(21-18-29-92-87(89)90)73(115)105-67(41-110)86(128)129/h16-17,19-20,22-25,38-39,42-49,55,57-67,69-71,93,109-111H,18,21,26-37,40-41,88H2,1-15H3,(H,91,94)(H,95,118)(H,96,119)(H,97,125)(H,98,114)(H,99,116)(H,100,120)(H,101,121)(H,102,122)(H,103,126)(H,104,117)(H,105,115)(H,106,123)(H,107,124)(H,108,127)(H,112,113)(H,128,129)(H4,89,90,92)/t55-,57-,58-,59-,60-,61-,62-,63-,64-,65-,66-,67-,69-,70-,71-/m0/s1. The Morgan fingerprint density at radius 3 is 1.25 bits per heavy atom. The Balaban J connectivity index is 1.59. The van der Waals surface area contributed by atoms with Gasteiger partial charge in [-0.3, -0.25) is 77.3 Å². The van der Waals surface area contributed by atoms with Gasteiger partial charge in [-0.05, 0) is 134 Å². The van der Waals surface area contributed by atoms with Crippen molar-refractivity contribution in [3.63, 3.8) is 0 Å². The number of fused-ring (bicyclic) bond motifs is 1. The van der Waals surface area contributed by atoms with Crippen LogP contribution in [0, 0.1) is 46.8 Å². The number of phenolic OH excluding ortho intramolecular Hbond substituents is 1. The van der Waals surface area contributed by atoms with E-state index >= 15 is 0 Å². The highest BCUT2D eigenvalue weighted by Gasteiger charge is 2.41. The van der Waals surface area contributed by atoms with Crippen molar-refractivity contribution in [2.45, 2.75) is 265 Å². The number of aromatic nitrogens is 3. The second kappa shape index (κ2) is 55.1. The van der Waals surface area contributed by atoms with Gasteiger partial charge >= 0.3 is 11.9 Å². The highest BCUT2D eigenvalue weighted by Crippen LogP contribution is 2.22. The fraction of sp³-hybridized carbons (Fsp3) is 0.609. The molecule has 42 nitrogen and oxygen atoms in total.